The lowest BCUT2D eigenvalue weighted by atomic mass is 10.1. The van der Waals surface area contributed by atoms with Crippen molar-refractivity contribution in [3.8, 4) is 5.75 Å². The van der Waals surface area contributed by atoms with Crippen LogP contribution in [0.25, 0.3) is 0 Å². The minimum absolute atomic E-state index is 0.0359. The predicted molar refractivity (Wildman–Crippen MR) is 88.2 cm³/mol. The molecule has 0 spiro atoms. The zero-order valence-electron chi connectivity index (χ0n) is 13.0. The zero-order valence-corrected chi connectivity index (χ0v) is 13.0. The van der Waals surface area contributed by atoms with Gasteiger partial charge in [0, 0.05) is 44.0 Å². The Hall–Kier alpha value is -2.76. The third kappa shape index (κ3) is 3.36. The van der Waals surface area contributed by atoms with E-state index in [2.05, 4.69) is 9.88 Å². The molecule has 6 heteroatoms. The van der Waals surface area contributed by atoms with E-state index >= 15 is 0 Å². The van der Waals surface area contributed by atoms with E-state index in [1.165, 1.54) is 6.07 Å². The second-order valence-corrected chi connectivity index (χ2v) is 5.42. The summed E-state index contributed by atoms with van der Waals surface area (Å²) in [5.41, 5.74) is 1.53. The number of carbonyl (C=O) groups excluding carboxylic acids is 1. The van der Waals surface area contributed by atoms with Gasteiger partial charge in [-0.3, -0.25) is 9.59 Å². The van der Waals surface area contributed by atoms with Crippen LogP contribution in [0.1, 0.15) is 10.4 Å². The summed E-state index contributed by atoms with van der Waals surface area (Å²) >= 11 is 0. The van der Waals surface area contributed by atoms with E-state index in [1.807, 2.05) is 4.90 Å². The Labute approximate surface area is 134 Å². The van der Waals surface area contributed by atoms with Crippen molar-refractivity contribution < 1.29 is 9.53 Å². The number of nitrogens with one attached hydrogen (secondary N) is 1. The Morgan fingerprint density at radius 1 is 1.04 bits per heavy atom. The minimum Gasteiger partial charge on any atom is -0.497 e. The van der Waals surface area contributed by atoms with Crippen LogP contribution < -0.4 is 15.2 Å². The highest BCUT2D eigenvalue weighted by Crippen LogP contribution is 2.17. The van der Waals surface area contributed by atoms with Crippen LogP contribution in [0, 0.1) is 0 Å². The van der Waals surface area contributed by atoms with E-state index in [1.54, 1.807) is 43.6 Å². The van der Waals surface area contributed by atoms with Gasteiger partial charge in [-0.05, 0) is 30.3 Å². The molecule has 2 heterocycles. The van der Waals surface area contributed by atoms with Crippen molar-refractivity contribution in [1.29, 1.82) is 0 Å². The van der Waals surface area contributed by atoms with Gasteiger partial charge in [0.05, 0.1) is 12.8 Å². The molecule has 1 aliphatic rings. The van der Waals surface area contributed by atoms with Crippen molar-refractivity contribution in [2.45, 2.75) is 0 Å². The maximum absolute atomic E-state index is 12.5. The highest BCUT2D eigenvalue weighted by molar-refractivity contribution is 5.94. The standard InChI is InChI=1S/C17H19N3O3/c1-23-15-5-2-13(3-6-15)17(22)20-10-8-19(9-11-20)14-4-7-16(21)18-12-14/h2-7,12H,8-11H2,1H3,(H,18,21). The van der Waals surface area contributed by atoms with Crippen LogP contribution in [0.5, 0.6) is 5.75 Å². The van der Waals surface area contributed by atoms with Crippen molar-refractivity contribution >= 4 is 11.6 Å². The number of ether oxygens (including phenoxy) is 1. The number of nitrogens with zero attached hydrogens (tertiary/aromatic N) is 2. The SMILES string of the molecule is COc1ccc(C(=O)N2CCN(c3ccc(=O)[nH]c3)CC2)cc1. The number of H-pyrrole nitrogens is 1. The molecule has 1 saturated heterocycles. The van der Waals surface area contributed by atoms with Crippen molar-refractivity contribution in [3.63, 3.8) is 0 Å². The lowest BCUT2D eigenvalue weighted by Gasteiger charge is -2.36. The highest BCUT2D eigenvalue weighted by Gasteiger charge is 2.22. The Morgan fingerprint density at radius 3 is 2.30 bits per heavy atom. The lowest BCUT2D eigenvalue weighted by molar-refractivity contribution is 0.0747. The summed E-state index contributed by atoms with van der Waals surface area (Å²) in [6.45, 7) is 2.80. The van der Waals surface area contributed by atoms with Gasteiger partial charge < -0.3 is 19.5 Å². The first-order chi connectivity index (χ1) is 11.2. The topological polar surface area (TPSA) is 65.6 Å². The summed E-state index contributed by atoms with van der Waals surface area (Å²) in [7, 11) is 1.60. The maximum Gasteiger partial charge on any atom is 0.253 e. The molecule has 23 heavy (non-hydrogen) atoms. The van der Waals surface area contributed by atoms with Crippen LogP contribution in [-0.4, -0.2) is 49.1 Å². The van der Waals surface area contributed by atoms with E-state index in [0.29, 0.717) is 18.7 Å². The van der Waals surface area contributed by atoms with Gasteiger partial charge in [0.15, 0.2) is 0 Å². The van der Waals surface area contributed by atoms with Crippen LogP contribution in [0.15, 0.2) is 47.4 Å². The molecule has 0 bridgehead atoms. The lowest BCUT2D eigenvalue weighted by Crippen LogP contribution is -2.48. The number of anilines is 1. The van der Waals surface area contributed by atoms with E-state index in [-0.39, 0.29) is 11.5 Å². The molecule has 1 N–H and O–H groups in total. The molecule has 1 aromatic carbocycles. The first kappa shape index (κ1) is 15.1. The molecule has 0 aliphatic carbocycles. The van der Waals surface area contributed by atoms with E-state index < -0.39 is 0 Å². The van der Waals surface area contributed by atoms with Crippen molar-refractivity contribution in [3.05, 3.63) is 58.5 Å². The predicted octanol–water partition coefficient (Wildman–Crippen LogP) is 1.35. The normalized spacial score (nSPS) is 14.7. The molecule has 2 aromatic rings. The van der Waals surface area contributed by atoms with Crippen molar-refractivity contribution in [2.24, 2.45) is 0 Å². The van der Waals surface area contributed by atoms with Gasteiger partial charge in [-0.15, -0.1) is 0 Å². The average Bonchev–Trinajstić information content (AvgIpc) is 2.62. The number of methoxy groups -OCH3 is 1. The number of pyridine rings is 1. The third-order valence-corrected chi connectivity index (χ3v) is 4.04. The Balaban J connectivity index is 1.62. The molecule has 1 amide bonds. The fourth-order valence-corrected chi connectivity index (χ4v) is 2.68. The van der Waals surface area contributed by atoms with Gasteiger partial charge in [0.25, 0.3) is 5.91 Å². The Morgan fingerprint density at radius 2 is 1.74 bits per heavy atom. The molecule has 0 unspecified atom stereocenters. The van der Waals surface area contributed by atoms with Crippen LogP contribution in [-0.2, 0) is 0 Å². The maximum atomic E-state index is 12.5. The van der Waals surface area contributed by atoms with Crippen molar-refractivity contribution in [2.75, 3.05) is 38.2 Å². The molecule has 0 saturated carbocycles. The number of carbonyl (C=O) groups is 1. The van der Waals surface area contributed by atoms with Gasteiger partial charge in [0.1, 0.15) is 5.75 Å². The molecular formula is C17H19N3O3. The number of piperazine rings is 1. The number of rotatable bonds is 3. The van der Waals surface area contributed by atoms with E-state index in [0.717, 1.165) is 24.5 Å². The Kier molecular flexibility index (Phi) is 4.32. The third-order valence-electron chi connectivity index (χ3n) is 4.04. The van der Waals surface area contributed by atoms with Crippen molar-refractivity contribution in [1.82, 2.24) is 9.88 Å². The minimum atomic E-state index is -0.109. The quantitative estimate of drug-likeness (QED) is 0.929. The average molecular weight is 313 g/mol. The molecule has 120 valence electrons. The van der Waals surface area contributed by atoms with Crippen LogP contribution in [0.4, 0.5) is 5.69 Å². The van der Waals surface area contributed by atoms with Crippen LogP contribution in [0.2, 0.25) is 0 Å². The number of hydrogen-bond donors (Lipinski definition) is 1. The van der Waals surface area contributed by atoms with Crippen LogP contribution >= 0.6 is 0 Å². The van der Waals surface area contributed by atoms with Crippen LogP contribution in [0.3, 0.4) is 0 Å². The second kappa shape index (κ2) is 6.56. The molecule has 1 aliphatic heterocycles. The fraction of sp³-hybridized carbons (Fsp3) is 0.294. The first-order valence-electron chi connectivity index (χ1n) is 7.54. The molecule has 1 aromatic heterocycles. The van der Waals surface area contributed by atoms with Gasteiger partial charge in [-0.1, -0.05) is 0 Å². The monoisotopic (exact) mass is 313 g/mol. The molecule has 0 radical (unpaired) electrons. The number of hydrogen-bond acceptors (Lipinski definition) is 4. The van der Waals surface area contributed by atoms with E-state index in [4.69, 9.17) is 4.74 Å². The molecular weight excluding hydrogens is 294 g/mol. The number of aromatic amines is 1. The largest absolute Gasteiger partial charge is 0.497 e. The van der Waals surface area contributed by atoms with Gasteiger partial charge in [0.2, 0.25) is 5.56 Å². The molecule has 3 rings (SSSR count). The summed E-state index contributed by atoms with van der Waals surface area (Å²) in [6.07, 6.45) is 1.71. The second-order valence-electron chi connectivity index (χ2n) is 5.42. The first-order valence-corrected chi connectivity index (χ1v) is 7.54. The summed E-state index contributed by atoms with van der Waals surface area (Å²) in [6, 6.07) is 10.5. The Bertz CT molecular complexity index is 711. The summed E-state index contributed by atoms with van der Waals surface area (Å²) in [4.78, 5) is 30.3. The zero-order chi connectivity index (χ0) is 16.2. The summed E-state index contributed by atoms with van der Waals surface area (Å²) in [5, 5.41) is 0. The van der Waals surface area contributed by atoms with E-state index in [9.17, 15) is 9.59 Å². The fourth-order valence-electron chi connectivity index (χ4n) is 2.68. The summed E-state index contributed by atoms with van der Waals surface area (Å²) < 4.78 is 5.11. The molecule has 1 fully saturated rings. The number of benzene rings is 1. The molecule has 6 nitrogen and oxygen atoms in total. The number of amides is 1. The van der Waals surface area contributed by atoms with Gasteiger partial charge >= 0.3 is 0 Å². The summed E-state index contributed by atoms with van der Waals surface area (Å²) in [5.74, 6) is 0.776. The smallest absolute Gasteiger partial charge is 0.253 e. The number of aromatic nitrogens is 1. The molecule has 0 atom stereocenters. The van der Waals surface area contributed by atoms with Gasteiger partial charge in [-0.2, -0.15) is 0 Å². The van der Waals surface area contributed by atoms with Gasteiger partial charge in [-0.25, -0.2) is 0 Å². The highest BCUT2D eigenvalue weighted by atomic mass is 16.5.